The Labute approximate surface area is 168 Å². The number of amides is 1. The number of carbonyl (C=O) groups is 1. The molecule has 2 aromatic rings. The van der Waals surface area contributed by atoms with E-state index in [1.165, 1.54) is 57.6 Å². The second-order valence-electron chi connectivity index (χ2n) is 6.20. The third-order valence-electron chi connectivity index (χ3n) is 3.94. The molecule has 0 fully saturated rings. The molecule has 1 N–H and O–H groups in total. The van der Waals surface area contributed by atoms with E-state index in [4.69, 9.17) is 9.47 Å². The van der Waals surface area contributed by atoms with Crippen molar-refractivity contribution in [3.05, 3.63) is 52.1 Å². The molecule has 156 valence electrons. The van der Waals surface area contributed by atoms with Crippen LogP contribution in [0, 0.1) is 17.0 Å². The number of aryl methyl sites for hydroxylation is 1. The Balaban J connectivity index is 2.11. The molecule has 11 heteroatoms. The van der Waals surface area contributed by atoms with Crippen molar-refractivity contribution in [1.82, 2.24) is 4.31 Å². The quantitative estimate of drug-likeness (QED) is 0.509. The predicted molar refractivity (Wildman–Crippen MR) is 106 cm³/mol. The number of rotatable bonds is 8. The number of sulfonamides is 1. The maximum atomic E-state index is 12.4. The fourth-order valence-electron chi connectivity index (χ4n) is 2.42. The first-order valence-electron chi connectivity index (χ1n) is 8.34. The van der Waals surface area contributed by atoms with Crippen LogP contribution in [0.1, 0.15) is 5.56 Å². The van der Waals surface area contributed by atoms with Crippen molar-refractivity contribution in [2.45, 2.75) is 11.8 Å². The number of hydrogen-bond acceptors (Lipinski definition) is 7. The molecule has 0 atom stereocenters. The number of nitro groups is 1. The van der Waals surface area contributed by atoms with Gasteiger partial charge in [-0.2, -0.15) is 0 Å². The minimum absolute atomic E-state index is 0.0466. The third kappa shape index (κ3) is 5.21. The first-order chi connectivity index (χ1) is 13.6. The highest BCUT2D eigenvalue weighted by molar-refractivity contribution is 7.89. The van der Waals surface area contributed by atoms with Crippen molar-refractivity contribution in [3.63, 3.8) is 0 Å². The summed E-state index contributed by atoms with van der Waals surface area (Å²) in [5, 5.41) is 13.4. The number of carbonyl (C=O) groups excluding carboxylic acids is 1. The summed E-state index contributed by atoms with van der Waals surface area (Å²) in [5.41, 5.74) is 0.607. The molecular formula is C18H21N3O7S. The first-order valence-corrected chi connectivity index (χ1v) is 9.78. The first kappa shape index (κ1) is 22.1. The zero-order chi connectivity index (χ0) is 21.8. The molecule has 0 spiro atoms. The van der Waals surface area contributed by atoms with Gasteiger partial charge < -0.3 is 14.8 Å². The highest BCUT2D eigenvalue weighted by atomic mass is 32.2. The number of nitro benzene ring substituents is 1. The standard InChI is InChI=1S/C18H21N3O7S/c1-12-9-14(6-7-15(12)21(23)24)28-11-18(22)19-13-5-8-16(27-4)17(10-13)29(25,26)20(2)3/h5-10H,11H2,1-4H3,(H,19,22). The van der Waals surface area contributed by atoms with Gasteiger partial charge in [0.05, 0.1) is 12.0 Å². The van der Waals surface area contributed by atoms with Gasteiger partial charge in [0.2, 0.25) is 10.0 Å². The number of benzene rings is 2. The van der Waals surface area contributed by atoms with Gasteiger partial charge in [0.1, 0.15) is 16.4 Å². The van der Waals surface area contributed by atoms with Crippen LogP contribution in [0.25, 0.3) is 0 Å². The van der Waals surface area contributed by atoms with Gasteiger partial charge >= 0.3 is 0 Å². The van der Waals surface area contributed by atoms with Gasteiger partial charge in [-0.05, 0) is 37.3 Å². The largest absolute Gasteiger partial charge is 0.495 e. The van der Waals surface area contributed by atoms with E-state index >= 15 is 0 Å². The van der Waals surface area contributed by atoms with E-state index < -0.39 is 20.9 Å². The summed E-state index contributed by atoms with van der Waals surface area (Å²) in [4.78, 5) is 22.4. The third-order valence-corrected chi connectivity index (χ3v) is 5.78. The molecule has 0 heterocycles. The molecule has 10 nitrogen and oxygen atoms in total. The Morgan fingerprint density at radius 1 is 1.21 bits per heavy atom. The van der Waals surface area contributed by atoms with Crippen molar-refractivity contribution in [3.8, 4) is 11.5 Å². The molecule has 0 radical (unpaired) electrons. The van der Waals surface area contributed by atoms with E-state index in [0.717, 1.165) is 4.31 Å². The molecular weight excluding hydrogens is 402 g/mol. The SMILES string of the molecule is COc1ccc(NC(=O)COc2ccc([N+](=O)[O-])c(C)c2)cc1S(=O)(=O)N(C)C. The van der Waals surface area contributed by atoms with Crippen molar-refractivity contribution < 1.29 is 27.6 Å². The number of nitrogens with zero attached hydrogens (tertiary/aromatic N) is 2. The molecule has 0 saturated carbocycles. The fraction of sp³-hybridized carbons (Fsp3) is 0.278. The summed E-state index contributed by atoms with van der Waals surface area (Å²) in [6, 6.07) is 8.38. The van der Waals surface area contributed by atoms with E-state index in [2.05, 4.69) is 5.32 Å². The zero-order valence-corrected chi connectivity index (χ0v) is 17.1. The predicted octanol–water partition coefficient (Wildman–Crippen LogP) is 2.18. The number of hydrogen-bond donors (Lipinski definition) is 1. The summed E-state index contributed by atoms with van der Waals surface area (Å²) < 4.78 is 36.3. The Kier molecular flexibility index (Phi) is 6.77. The lowest BCUT2D eigenvalue weighted by Gasteiger charge is -2.16. The molecule has 2 aromatic carbocycles. The number of ether oxygens (including phenoxy) is 2. The monoisotopic (exact) mass is 423 g/mol. The molecule has 0 bridgehead atoms. The van der Waals surface area contributed by atoms with Crippen LogP contribution in [0.5, 0.6) is 11.5 Å². The minimum atomic E-state index is -3.78. The van der Waals surface area contributed by atoms with Crippen molar-refractivity contribution >= 4 is 27.3 Å². The normalized spacial score (nSPS) is 11.2. The van der Waals surface area contributed by atoms with E-state index in [-0.39, 0.29) is 28.6 Å². The zero-order valence-electron chi connectivity index (χ0n) is 16.3. The van der Waals surface area contributed by atoms with Crippen LogP contribution in [-0.4, -0.2) is 51.4 Å². The second kappa shape index (κ2) is 8.88. The lowest BCUT2D eigenvalue weighted by molar-refractivity contribution is -0.385. The minimum Gasteiger partial charge on any atom is -0.495 e. The molecule has 0 aliphatic carbocycles. The van der Waals surface area contributed by atoms with Crippen LogP contribution in [0.4, 0.5) is 11.4 Å². The van der Waals surface area contributed by atoms with Crippen molar-refractivity contribution in [2.75, 3.05) is 33.1 Å². The Morgan fingerprint density at radius 2 is 1.90 bits per heavy atom. The van der Waals surface area contributed by atoms with Crippen LogP contribution in [0.2, 0.25) is 0 Å². The summed E-state index contributed by atoms with van der Waals surface area (Å²) in [7, 11) is 0.349. The van der Waals surface area contributed by atoms with Crippen LogP contribution < -0.4 is 14.8 Å². The lowest BCUT2D eigenvalue weighted by atomic mass is 10.2. The fourth-order valence-corrected chi connectivity index (χ4v) is 3.50. The number of nitrogens with one attached hydrogen (secondary N) is 1. The summed E-state index contributed by atoms with van der Waals surface area (Å²) in [6.07, 6.45) is 0. The summed E-state index contributed by atoms with van der Waals surface area (Å²) in [5.74, 6) is -0.0810. The van der Waals surface area contributed by atoms with E-state index in [1.807, 2.05) is 0 Å². The summed E-state index contributed by atoms with van der Waals surface area (Å²) >= 11 is 0. The average molecular weight is 423 g/mol. The maximum absolute atomic E-state index is 12.4. The molecule has 2 rings (SSSR count). The van der Waals surface area contributed by atoms with Crippen LogP contribution in [-0.2, 0) is 14.8 Å². The van der Waals surface area contributed by atoms with Gasteiger partial charge in [-0.1, -0.05) is 0 Å². The smallest absolute Gasteiger partial charge is 0.272 e. The van der Waals surface area contributed by atoms with E-state index in [9.17, 15) is 23.3 Å². The van der Waals surface area contributed by atoms with Crippen molar-refractivity contribution in [1.29, 1.82) is 0 Å². The molecule has 0 aromatic heterocycles. The lowest BCUT2D eigenvalue weighted by Crippen LogP contribution is -2.24. The van der Waals surface area contributed by atoms with Gasteiger partial charge in [0.25, 0.3) is 11.6 Å². The highest BCUT2D eigenvalue weighted by Gasteiger charge is 2.23. The Bertz CT molecular complexity index is 1040. The topological polar surface area (TPSA) is 128 Å². The summed E-state index contributed by atoms with van der Waals surface area (Å²) in [6.45, 7) is 1.20. The Morgan fingerprint density at radius 3 is 2.45 bits per heavy atom. The highest BCUT2D eigenvalue weighted by Crippen LogP contribution is 2.29. The van der Waals surface area contributed by atoms with Crippen LogP contribution in [0.3, 0.4) is 0 Å². The number of methoxy groups -OCH3 is 1. The van der Waals surface area contributed by atoms with Gasteiger partial charge in [-0.15, -0.1) is 0 Å². The molecule has 0 aliphatic heterocycles. The van der Waals surface area contributed by atoms with Crippen molar-refractivity contribution in [2.24, 2.45) is 0 Å². The average Bonchev–Trinajstić information content (AvgIpc) is 2.66. The Hall–Kier alpha value is -3.18. The number of anilines is 1. The van der Waals surface area contributed by atoms with Gasteiger partial charge in [-0.25, -0.2) is 12.7 Å². The molecule has 0 unspecified atom stereocenters. The molecule has 0 saturated heterocycles. The van der Waals surface area contributed by atoms with Gasteiger partial charge in [-0.3, -0.25) is 14.9 Å². The van der Waals surface area contributed by atoms with Gasteiger partial charge in [0.15, 0.2) is 6.61 Å². The molecule has 29 heavy (non-hydrogen) atoms. The van der Waals surface area contributed by atoms with E-state index in [1.54, 1.807) is 6.92 Å². The van der Waals surface area contributed by atoms with Crippen LogP contribution in [0.15, 0.2) is 41.3 Å². The van der Waals surface area contributed by atoms with Gasteiger partial charge in [0, 0.05) is 31.4 Å². The maximum Gasteiger partial charge on any atom is 0.272 e. The second-order valence-corrected chi connectivity index (χ2v) is 8.32. The molecule has 1 amide bonds. The van der Waals surface area contributed by atoms with Crippen LogP contribution >= 0.6 is 0 Å². The van der Waals surface area contributed by atoms with E-state index in [0.29, 0.717) is 11.3 Å². The molecule has 0 aliphatic rings.